The third-order valence-corrected chi connectivity index (χ3v) is 3.07. The van der Waals surface area contributed by atoms with Crippen LogP contribution in [0.1, 0.15) is 22.5 Å². The average molecular weight is 286 g/mol. The lowest BCUT2D eigenvalue weighted by Gasteiger charge is -2.21. The topological polar surface area (TPSA) is 105 Å². The number of aromatic amines is 1. The standard InChI is InChI=1S/C15H18N4O2/c16-12-8-13(18-9-12)15(21)19(7-6-14(17)20)10-11-4-2-1-3-5-11/h1-5,8-9,18H,6-7,10,16H2,(H2,17,20). The summed E-state index contributed by atoms with van der Waals surface area (Å²) in [5, 5.41) is 0. The molecule has 6 nitrogen and oxygen atoms in total. The normalized spacial score (nSPS) is 10.3. The van der Waals surface area contributed by atoms with E-state index in [-0.39, 0.29) is 18.9 Å². The molecule has 2 amide bonds. The first-order valence-corrected chi connectivity index (χ1v) is 6.61. The minimum absolute atomic E-state index is 0.120. The summed E-state index contributed by atoms with van der Waals surface area (Å²) < 4.78 is 0. The van der Waals surface area contributed by atoms with E-state index < -0.39 is 5.91 Å². The van der Waals surface area contributed by atoms with Gasteiger partial charge in [0.15, 0.2) is 0 Å². The van der Waals surface area contributed by atoms with E-state index in [2.05, 4.69) is 4.98 Å². The highest BCUT2D eigenvalue weighted by Gasteiger charge is 2.18. The minimum atomic E-state index is -0.438. The van der Waals surface area contributed by atoms with Crippen LogP contribution >= 0.6 is 0 Å². The molecule has 5 N–H and O–H groups in total. The summed E-state index contributed by atoms with van der Waals surface area (Å²) in [6.45, 7) is 0.674. The molecule has 1 aromatic heterocycles. The van der Waals surface area contributed by atoms with Gasteiger partial charge in [-0.2, -0.15) is 0 Å². The van der Waals surface area contributed by atoms with E-state index in [4.69, 9.17) is 11.5 Å². The number of primary amides is 1. The van der Waals surface area contributed by atoms with E-state index in [1.807, 2.05) is 30.3 Å². The van der Waals surface area contributed by atoms with E-state index in [0.717, 1.165) is 5.56 Å². The SMILES string of the molecule is NC(=O)CCN(Cc1ccccc1)C(=O)c1cc(N)c[nH]1. The van der Waals surface area contributed by atoms with Gasteiger partial charge in [-0.15, -0.1) is 0 Å². The van der Waals surface area contributed by atoms with Gasteiger partial charge in [0, 0.05) is 31.4 Å². The van der Waals surface area contributed by atoms with Gasteiger partial charge in [-0.05, 0) is 11.6 Å². The number of nitrogens with zero attached hydrogens (tertiary/aromatic N) is 1. The Bertz CT molecular complexity index is 622. The van der Waals surface area contributed by atoms with Crippen molar-refractivity contribution in [2.75, 3.05) is 12.3 Å². The van der Waals surface area contributed by atoms with Crippen molar-refractivity contribution in [2.45, 2.75) is 13.0 Å². The van der Waals surface area contributed by atoms with Crippen LogP contribution in [0.3, 0.4) is 0 Å². The van der Waals surface area contributed by atoms with Crippen molar-refractivity contribution in [3.05, 3.63) is 53.9 Å². The molecule has 1 heterocycles. The molecule has 0 unspecified atom stereocenters. The van der Waals surface area contributed by atoms with Crippen molar-refractivity contribution in [1.82, 2.24) is 9.88 Å². The van der Waals surface area contributed by atoms with Crippen LogP contribution in [0.4, 0.5) is 5.69 Å². The van der Waals surface area contributed by atoms with Crippen molar-refractivity contribution in [2.24, 2.45) is 5.73 Å². The van der Waals surface area contributed by atoms with Crippen LogP contribution in [0.15, 0.2) is 42.6 Å². The van der Waals surface area contributed by atoms with Crippen LogP contribution in [0.25, 0.3) is 0 Å². The predicted octanol–water partition coefficient (Wildman–Crippen LogP) is 1.11. The van der Waals surface area contributed by atoms with Crippen molar-refractivity contribution in [3.63, 3.8) is 0 Å². The monoisotopic (exact) mass is 286 g/mol. The summed E-state index contributed by atoms with van der Waals surface area (Å²) >= 11 is 0. The Kier molecular flexibility index (Phi) is 4.61. The molecule has 0 spiro atoms. The second kappa shape index (κ2) is 6.60. The highest BCUT2D eigenvalue weighted by Crippen LogP contribution is 2.12. The van der Waals surface area contributed by atoms with Gasteiger partial charge in [0.25, 0.3) is 5.91 Å². The van der Waals surface area contributed by atoms with Gasteiger partial charge in [0.05, 0.1) is 0 Å². The van der Waals surface area contributed by atoms with Crippen molar-refractivity contribution in [3.8, 4) is 0 Å². The third kappa shape index (κ3) is 4.10. The number of aromatic nitrogens is 1. The molecular weight excluding hydrogens is 268 g/mol. The Morgan fingerprint density at radius 1 is 1.19 bits per heavy atom. The summed E-state index contributed by atoms with van der Waals surface area (Å²) in [6, 6.07) is 11.1. The number of carbonyl (C=O) groups is 2. The van der Waals surface area contributed by atoms with E-state index in [1.165, 1.54) is 0 Å². The highest BCUT2D eigenvalue weighted by molar-refractivity contribution is 5.93. The summed E-state index contributed by atoms with van der Waals surface area (Å²) in [5.74, 6) is -0.649. The van der Waals surface area contributed by atoms with Gasteiger partial charge >= 0.3 is 0 Å². The molecule has 0 aliphatic rings. The van der Waals surface area contributed by atoms with Crippen molar-refractivity contribution in [1.29, 1.82) is 0 Å². The van der Waals surface area contributed by atoms with Crippen molar-refractivity contribution >= 4 is 17.5 Å². The number of anilines is 1. The number of rotatable bonds is 6. The molecule has 0 bridgehead atoms. The predicted molar refractivity (Wildman–Crippen MR) is 80.2 cm³/mol. The number of nitrogens with two attached hydrogens (primary N) is 2. The maximum absolute atomic E-state index is 12.5. The summed E-state index contributed by atoms with van der Waals surface area (Å²) in [6.07, 6.45) is 1.68. The molecule has 0 aliphatic carbocycles. The Hall–Kier alpha value is -2.76. The van der Waals surface area contributed by atoms with Gasteiger partial charge in [0.2, 0.25) is 5.91 Å². The van der Waals surface area contributed by atoms with Gasteiger partial charge in [-0.25, -0.2) is 0 Å². The second-order valence-corrected chi connectivity index (χ2v) is 4.78. The number of hydrogen-bond donors (Lipinski definition) is 3. The maximum Gasteiger partial charge on any atom is 0.270 e. The lowest BCUT2D eigenvalue weighted by molar-refractivity contribution is -0.118. The molecule has 1 aromatic carbocycles. The molecule has 0 fully saturated rings. The van der Waals surface area contributed by atoms with E-state index in [1.54, 1.807) is 17.2 Å². The summed E-state index contributed by atoms with van der Waals surface area (Å²) in [4.78, 5) is 27.8. The fourth-order valence-corrected chi connectivity index (χ4v) is 2.01. The largest absolute Gasteiger partial charge is 0.397 e. The summed E-state index contributed by atoms with van der Waals surface area (Å²) in [7, 11) is 0. The molecule has 0 atom stereocenters. The fourth-order valence-electron chi connectivity index (χ4n) is 2.01. The molecule has 6 heteroatoms. The summed E-state index contributed by atoms with van der Waals surface area (Å²) in [5.41, 5.74) is 12.7. The molecule has 0 aliphatic heterocycles. The Labute approximate surface area is 122 Å². The number of hydrogen-bond acceptors (Lipinski definition) is 3. The van der Waals surface area contributed by atoms with Crippen LogP contribution in [-0.2, 0) is 11.3 Å². The zero-order valence-electron chi connectivity index (χ0n) is 11.6. The van der Waals surface area contributed by atoms with Crippen LogP contribution in [0.5, 0.6) is 0 Å². The molecule has 0 saturated heterocycles. The quantitative estimate of drug-likeness (QED) is 0.740. The van der Waals surface area contributed by atoms with Gasteiger partial charge in [-0.3, -0.25) is 9.59 Å². The molecule has 21 heavy (non-hydrogen) atoms. The zero-order valence-corrected chi connectivity index (χ0v) is 11.6. The molecule has 0 saturated carbocycles. The van der Waals surface area contributed by atoms with Crippen LogP contribution < -0.4 is 11.5 Å². The van der Waals surface area contributed by atoms with Gasteiger partial charge in [0.1, 0.15) is 5.69 Å². The number of benzene rings is 1. The third-order valence-electron chi connectivity index (χ3n) is 3.07. The van der Waals surface area contributed by atoms with Crippen molar-refractivity contribution < 1.29 is 9.59 Å². The van der Waals surface area contributed by atoms with Gasteiger partial charge in [-0.1, -0.05) is 30.3 Å². The van der Waals surface area contributed by atoms with Crippen LogP contribution in [0.2, 0.25) is 0 Å². The molecule has 110 valence electrons. The van der Waals surface area contributed by atoms with Crippen LogP contribution in [0, 0.1) is 0 Å². The maximum atomic E-state index is 12.5. The highest BCUT2D eigenvalue weighted by atomic mass is 16.2. The van der Waals surface area contributed by atoms with E-state index in [9.17, 15) is 9.59 Å². The Morgan fingerprint density at radius 3 is 2.48 bits per heavy atom. The molecular formula is C15H18N4O2. The number of nitrogens with one attached hydrogen (secondary N) is 1. The molecule has 2 rings (SSSR count). The lowest BCUT2D eigenvalue weighted by Crippen LogP contribution is -2.33. The smallest absolute Gasteiger partial charge is 0.270 e. The fraction of sp³-hybridized carbons (Fsp3) is 0.200. The molecule has 2 aromatic rings. The van der Waals surface area contributed by atoms with Crippen LogP contribution in [-0.4, -0.2) is 28.2 Å². The number of carbonyl (C=O) groups excluding carboxylic acids is 2. The van der Waals surface area contributed by atoms with E-state index >= 15 is 0 Å². The van der Waals surface area contributed by atoms with E-state index in [0.29, 0.717) is 17.9 Å². The average Bonchev–Trinajstić information content (AvgIpc) is 2.90. The molecule has 0 radical (unpaired) electrons. The Balaban J connectivity index is 2.14. The lowest BCUT2D eigenvalue weighted by atomic mass is 10.2. The number of nitrogen functional groups attached to an aromatic ring is 1. The second-order valence-electron chi connectivity index (χ2n) is 4.78. The zero-order chi connectivity index (χ0) is 15.2. The first-order valence-electron chi connectivity index (χ1n) is 6.61. The number of amides is 2. The Morgan fingerprint density at radius 2 is 1.90 bits per heavy atom. The van der Waals surface area contributed by atoms with Gasteiger partial charge < -0.3 is 21.4 Å². The first-order chi connectivity index (χ1) is 10.1. The first kappa shape index (κ1) is 14.6. The number of H-pyrrole nitrogens is 1. The minimum Gasteiger partial charge on any atom is -0.397 e.